The van der Waals surface area contributed by atoms with Gasteiger partial charge in [0.2, 0.25) is 11.7 Å². The lowest BCUT2D eigenvalue weighted by Crippen LogP contribution is -2.35. The molecule has 4 amide bonds. The predicted octanol–water partition coefficient (Wildman–Crippen LogP) is 6.10. The maximum Gasteiger partial charge on any atom is 0.338 e. The maximum absolute atomic E-state index is 13.7. The molecule has 3 N–H and O–H groups in total. The van der Waals surface area contributed by atoms with E-state index in [9.17, 15) is 28.8 Å². The largest absolute Gasteiger partial charge is 0.493 e. The third-order valence-electron chi connectivity index (χ3n) is 11.1. The standard InChI is InChI=1S/C47H48N10O9/c1-26(2)66-47(63)29-10-11-35-28(16-29)12-13-56(35)46(62)37-18-31(24-54(37)5)49-43(59)36-17-30(23-53(36)4)50-44(60)42-52-40(25-55(42)6)51-41(58)9-8-14-65-39-20-34-33(19-38(39)64-7)45(61)57-22-27(3)15-32(57)21-48-34/h10-13,16-21,23-26,32H,3,8-9,14-15,22H2,1-2,4-7H3,(H,49,59)(H,50,60)(H,51,58)/t32-/m0/s1. The number of anilines is 3. The minimum absolute atomic E-state index is 0.0105. The van der Waals surface area contributed by atoms with Gasteiger partial charge in [0.1, 0.15) is 11.4 Å². The molecule has 340 valence electrons. The lowest BCUT2D eigenvalue weighted by molar-refractivity contribution is -0.116. The monoisotopic (exact) mass is 896 g/mol. The molecule has 2 aliphatic heterocycles. The van der Waals surface area contributed by atoms with Crippen molar-refractivity contribution in [3.8, 4) is 11.5 Å². The van der Waals surface area contributed by atoms with Crippen LogP contribution in [0.4, 0.5) is 22.9 Å². The van der Waals surface area contributed by atoms with Gasteiger partial charge in [0.05, 0.1) is 59.6 Å². The van der Waals surface area contributed by atoms with E-state index < -0.39 is 17.8 Å². The number of carbonyl (C=O) groups is 6. The average Bonchev–Trinajstić information content (AvgIpc) is 4.10. The Bertz CT molecular complexity index is 3000. The average molecular weight is 897 g/mol. The highest BCUT2D eigenvalue weighted by Gasteiger charge is 2.34. The Balaban J connectivity index is 0.834. The van der Waals surface area contributed by atoms with Crippen LogP contribution in [0.5, 0.6) is 11.5 Å². The van der Waals surface area contributed by atoms with Gasteiger partial charge in [-0.2, -0.15) is 0 Å². The van der Waals surface area contributed by atoms with E-state index in [2.05, 4.69) is 32.5 Å². The lowest BCUT2D eigenvalue weighted by Gasteiger charge is -2.20. The first kappa shape index (κ1) is 44.4. The molecule has 0 unspecified atom stereocenters. The van der Waals surface area contributed by atoms with Crippen molar-refractivity contribution < 1.29 is 43.0 Å². The molecule has 6 aromatic rings. The molecule has 1 atom stereocenters. The molecule has 66 heavy (non-hydrogen) atoms. The van der Waals surface area contributed by atoms with Crippen LogP contribution in [-0.4, -0.2) is 102 Å². The zero-order valence-electron chi connectivity index (χ0n) is 37.2. The molecule has 2 aliphatic rings. The molecular formula is C47H48N10O9. The number of benzene rings is 2. The number of aryl methyl sites for hydroxylation is 3. The molecule has 0 saturated carbocycles. The molecule has 8 rings (SSSR count). The minimum atomic E-state index is -0.578. The first-order chi connectivity index (χ1) is 31.6. The van der Waals surface area contributed by atoms with Crippen molar-refractivity contribution >= 4 is 75.5 Å². The van der Waals surface area contributed by atoms with Crippen LogP contribution in [0.25, 0.3) is 10.9 Å². The van der Waals surface area contributed by atoms with Crippen LogP contribution in [-0.2, 0) is 30.7 Å². The van der Waals surface area contributed by atoms with Gasteiger partial charge in [0.25, 0.3) is 23.6 Å². The predicted molar refractivity (Wildman–Crippen MR) is 245 cm³/mol. The number of fused-ring (bicyclic) bond motifs is 3. The Hall–Kier alpha value is -8.22. The smallest absolute Gasteiger partial charge is 0.338 e. The Kier molecular flexibility index (Phi) is 12.2. The van der Waals surface area contributed by atoms with E-state index in [0.717, 1.165) is 5.57 Å². The number of hydrogen-bond donors (Lipinski definition) is 3. The maximum atomic E-state index is 13.7. The molecule has 0 radical (unpaired) electrons. The fraction of sp³-hybridized carbons (Fsp3) is 0.277. The highest BCUT2D eigenvalue weighted by molar-refractivity contribution is 6.08. The Morgan fingerprint density at radius 2 is 1.59 bits per heavy atom. The lowest BCUT2D eigenvalue weighted by atomic mass is 10.1. The van der Waals surface area contributed by atoms with E-state index in [4.69, 9.17) is 14.2 Å². The number of aromatic nitrogens is 5. The van der Waals surface area contributed by atoms with Gasteiger partial charge in [-0.1, -0.05) is 12.2 Å². The fourth-order valence-electron chi connectivity index (χ4n) is 7.90. The zero-order chi connectivity index (χ0) is 47.0. The van der Waals surface area contributed by atoms with E-state index >= 15 is 0 Å². The summed E-state index contributed by atoms with van der Waals surface area (Å²) in [7, 11) is 6.44. The Labute approximate surface area is 378 Å². The quantitative estimate of drug-likeness (QED) is 0.0649. The molecule has 19 nitrogen and oxygen atoms in total. The van der Waals surface area contributed by atoms with Gasteiger partial charge in [0, 0.05) is 76.6 Å². The first-order valence-corrected chi connectivity index (χ1v) is 21.1. The molecule has 0 bridgehead atoms. The van der Waals surface area contributed by atoms with E-state index in [1.54, 1.807) is 116 Å². The van der Waals surface area contributed by atoms with Crippen LogP contribution in [0.3, 0.4) is 0 Å². The molecular weight excluding hydrogens is 849 g/mol. The van der Waals surface area contributed by atoms with Crippen LogP contribution >= 0.6 is 0 Å². The fourth-order valence-corrected chi connectivity index (χ4v) is 7.90. The highest BCUT2D eigenvalue weighted by Crippen LogP contribution is 2.38. The number of imidazole rings is 1. The van der Waals surface area contributed by atoms with Gasteiger partial charge in [-0.25, -0.2) is 9.78 Å². The SMILES string of the molecule is C=C1C[C@H]2C=Nc3cc(OCCCC(=O)Nc4cn(C)c(C(=O)Nc5cc(C(=O)Nc6cc(C(=O)n7ccc8cc(C(=O)OC(C)C)ccc87)n(C)c6)n(C)c5)n4)c(OC)cc3C(=O)N2C1. The minimum Gasteiger partial charge on any atom is -0.493 e. The molecule has 4 aromatic heterocycles. The van der Waals surface area contributed by atoms with Gasteiger partial charge in [-0.05, 0) is 69.2 Å². The van der Waals surface area contributed by atoms with Crippen molar-refractivity contribution in [1.82, 2.24) is 28.2 Å². The summed E-state index contributed by atoms with van der Waals surface area (Å²) >= 11 is 0. The van der Waals surface area contributed by atoms with Crippen molar-refractivity contribution in [2.75, 3.05) is 36.2 Å². The van der Waals surface area contributed by atoms with Gasteiger partial charge < -0.3 is 48.8 Å². The van der Waals surface area contributed by atoms with Crippen LogP contribution in [0.1, 0.15) is 85.4 Å². The molecule has 1 saturated heterocycles. The van der Waals surface area contributed by atoms with Crippen LogP contribution in [0.2, 0.25) is 0 Å². The number of carbonyl (C=O) groups excluding carboxylic acids is 6. The van der Waals surface area contributed by atoms with Crippen molar-refractivity contribution in [3.63, 3.8) is 0 Å². The van der Waals surface area contributed by atoms with Gasteiger partial charge in [-0.15, -0.1) is 0 Å². The topological polar surface area (TPSA) is 214 Å². The summed E-state index contributed by atoms with van der Waals surface area (Å²) < 4.78 is 22.9. The van der Waals surface area contributed by atoms with Crippen molar-refractivity contribution in [1.29, 1.82) is 0 Å². The molecule has 0 aliphatic carbocycles. The van der Waals surface area contributed by atoms with Crippen LogP contribution in [0, 0.1) is 0 Å². The second kappa shape index (κ2) is 18.1. The van der Waals surface area contributed by atoms with Gasteiger partial charge in [-0.3, -0.25) is 33.5 Å². The van der Waals surface area contributed by atoms with Crippen LogP contribution < -0.4 is 25.4 Å². The Morgan fingerprint density at radius 1 is 0.864 bits per heavy atom. The summed E-state index contributed by atoms with van der Waals surface area (Å²) in [6.07, 6.45) is 8.89. The molecule has 19 heteroatoms. The summed E-state index contributed by atoms with van der Waals surface area (Å²) in [4.78, 5) is 89.6. The van der Waals surface area contributed by atoms with Crippen molar-refractivity contribution in [2.45, 2.75) is 45.3 Å². The van der Waals surface area contributed by atoms with E-state index in [1.165, 1.54) is 28.5 Å². The second-order valence-corrected chi connectivity index (χ2v) is 16.4. The van der Waals surface area contributed by atoms with Gasteiger partial charge in [0.15, 0.2) is 17.3 Å². The number of amides is 4. The molecule has 0 spiro atoms. The Morgan fingerprint density at radius 3 is 2.33 bits per heavy atom. The van der Waals surface area contributed by atoms with Crippen molar-refractivity contribution in [3.05, 3.63) is 114 Å². The van der Waals surface area contributed by atoms with Gasteiger partial charge >= 0.3 is 5.97 Å². The normalized spacial score (nSPS) is 14.2. The second-order valence-electron chi connectivity index (χ2n) is 16.4. The molecule has 6 heterocycles. The number of aliphatic imine (C=N–C) groups is 1. The highest BCUT2D eigenvalue weighted by atomic mass is 16.5. The summed E-state index contributed by atoms with van der Waals surface area (Å²) in [5.41, 5.74) is 4.05. The number of rotatable bonds is 14. The summed E-state index contributed by atoms with van der Waals surface area (Å²) in [6.45, 7) is 8.20. The number of nitrogens with one attached hydrogen (secondary N) is 3. The zero-order valence-corrected chi connectivity index (χ0v) is 37.2. The summed E-state index contributed by atoms with van der Waals surface area (Å²) in [6, 6.07) is 12.9. The number of nitrogens with zero attached hydrogens (tertiary/aromatic N) is 7. The molecule has 1 fully saturated rings. The van der Waals surface area contributed by atoms with Crippen LogP contribution in [0.15, 0.2) is 90.5 Å². The number of hydrogen-bond acceptors (Lipinski definition) is 11. The molecule has 2 aromatic carbocycles. The third-order valence-corrected chi connectivity index (χ3v) is 11.1. The third kappa shape index (κ3) is 9.08. The number of methoxy groups -OCH3 is 1. The van der Waals surface area contributed by atoms with Crippen molar-refractivity contribution in [2.24, 2.45) is 26.1 Å². The van der Waals surface area contributed by atoms with E-state index in [-0.39, 0.29) is 60.2 Å². The summed E-state index contributed by atoms with van der Waals surface area (Å²) in [5, 5.41) is 8.97. The number of esters is 1. The van der Waals surface area contributed by atoms with E-state index in [1.807, 2.05) is 0 Å². The first-order valence-electron chi connectivity index (χ1n) is 21.1. The number of ether oxygens (including phenoxy) is 3. The summed E-state index contributed by atoms with van der Waals surface area (Å²) in [5.74, 6) is -1.41. The van der Waals surface area contributed by atoms with E-state index in [0.29, 0.717) is 75.7 Å².